The molecule has 4 nitrogen and oxygen atoms in total. The minimum Gasteiger partial charge on any atom is -0.496 e. The van der Waals surface area contributed by atoms with Crippen molar-refractivity contribution in [1.29, 1.82) is 0 Å². The first-order chi connectivity index (χ1) is 19.1. The molecule has 6 rings (SSSR count). The Morgan fingerprint density at radius 2 is 1.49 bits per heavy atom. The van der Waals surface area contributed by atoms with Crippen LogP contribution in [0.1, 0.15) is 29.5 Å². The average molecular weight is 518 g/mol. The van der Waals surface area contributed by atoms with Crippen LogP contribution in [0.4, 0.5) is 0 Å². The van der Waals surface area contributed by atoms with E-state index in [0.717, 1.165) is 35.3 Å². The van der Waals surface area contributed by atoms with Crippen molar-refractivity contribution in [2.24, 2.45) is 11.8 Å². The summed E-state index contributed by atoms with van der Waals surface area (Å²) in [6, 6.07) is 37.1. The Balaban J connectivity index is 1.33. The molecule has 4 heteroatoms. The second-order valence-corrected chi connectivity index (χ2v) is 10.9. The zero-order valence-electron chi connectivity index (χ0n) is 22.3. The fourth-order valence-electron chi connectivity index (χ4n) is 7.17. The highest BCUT2D eigenvalue weighted by molar-refractivity contribution is 5.87. The molecule has 0 radical (unpaired) electrons. The van der Waals surface area contributed by atoms with E-state index in [2.05, 4.69) is 66.0 Å². The Kier molecular flexibility index (Phi) is 7.07. The fraction of sp³-hybridized carbons (Fsp3) is 0.286. The van der Waals surface area contributed by atoms with E-state index in [-0.39, 0.29) is 29.1 Å². The monoisotopic (exact) mass is 517 g/mol. The molecule has 0 bridgehead atoms. The summed E-state index contributed by atoms with van der Waals surface area (Å²) in [5.41, 5.74) is 5.19. The lowest BCUT2D eigenvalue weighted by molar-refractivity contribution is -0.122. The number of aliphatic hydroxyl groups is 1. The number of fused-ring (bicyclic) bond motifs is 1. The molecule has 2 N–H and O–H groups in total. The molecule has 1 saturated carbocycles. The van der Waals surface area contributed by atoms with Crippen molar-refractivity contribution in [1.82, 2.24) is 5.32 Å². The maximum Gasteiger partial charge on any atom is 0.154 e. The van der Waals surface area contributed by atoms with Gasteiger partial charge >= 0.3 is 0 Å². The minimum atomic E-state index is -0.416. The highest BCUT2D eigenvalue weighted by Crippen LogP contribution is 2.54. The maximum atomic E-state index is 14.0. The number of hydrogen-bond donors (Lipinski definition) is 2. The van der Waals surface area contributed by atoms with Crippen molar-refractivity contribution in [3.63, 3.8) is 0 Å². The first-order valence-corrected chi connectivity index (χ1v) is 13.9. The second-order valence-electron chi connectivity index (χ2n) is 10.9. The lowest BCUT2D eigenvalue weighted by Gasteiger charge is -2.49. The second kappa shape index (κ2) is 10.8. The van der Waals surface area contributed by atoms with Gasteiger partial charge < -0.3 is 15.2 Å². The summed E-state index contributed by atoms with van der Waals surface area (Å²) in [6.07, 6.45) is 1.46. The third kappa shape index (κ3) is 4.58. The summed E-state index contributed by atoms with van der Waals surface area (Å²) in [4.78, 5) is 14.0. The maximum absolute atomic E-state index is 14.0. The molecule has 1 aliphatic carbocycles. The third-order valence-electron chi connectivity index (χ3n) is 8.97. The van der Waals surface area contributed by atoms with Crippen LogP contribution in [0.3, 0.4) is 0 Å². The first-order valence-electron chi connectivity index (χ1n) is 13.9. The number of rotatable bonds is 7. The Bertz CT molecular complexity index is 1380. The Morgan fingerprint density at radius 1 is 0.872 bits per heavy atom. The number of para-hydroxylation sites is 1. The van der Waals surface area contributed by atoms with Crippen LogP contribution < -0.4 is 10.1 Å². The molecule has 1 unspecified atom stereocenters. The van der Waals surface area contributed by atoms with Crippen LogP contribution in [-0.4, -0.2) is 36.7 Å². The summed E-state index contributed by atoms with van der Waals surface area (Å²) in [6.45, 7) is 0.649. The quantitative estimate of drug-likeness (QED) is 0.324. The number of hydrogen-bond acceptors (Lipinski definition) is 4. The number of ether oxygens (including phenoxy) is 1. The van der Waals surface area contributed by atoms with Gasteiger partial charge in [0, 0.05) is 35.8 Å². The van der Waals surface area contributed by atoms with Crippen molar-refractivity contribution >= 4 is 5.78 Å². The molecule has 2 aliphatic rings. The smallest absolute Gasteiger partial charge is 0.154 e. The molecular formula is C35H35NO3. The standard InChI is InChI=1S/C35H35NO3/c1-39-32-15-9-8-14-28(32)25-18-16-24(17-19-25)22-31(38)34-33-29(23-36-34)30(37)20-21-35(33,26-10-4-2-5-11-26)27-12-6-3-7-13-27/h2-19,29-30,33-34,36-37H,20-23H2,1H3/t29-,30-,33+,34?/m0/s1. The van der Waals surface area contributed by atoms with E-state index in [4.69, 9.17) is 4.74 Å². The molecule has 198 valence electrons. The van der Waals surface area contributed by atoms with E-state index >= 15 is 0 Å². The van der Waals surface area contributed by atoms with Gasteiger partial charge in [0.1, 0.15) is 5.75 Å². The summed E-state index contributed by atoms with van der Waals surface area (Å²) in [7, 11) is 1.68. The molecule has 4 aromatic rings. The van der Waals surface area contributed by atoms with Gasteiger partial charge in [0.2, 0.25) is 0 Å². The van der Waals surface area contributed by atoms with Crippen LogP contribution in [0.5, 0.6) is 5.75 Å². The lowest BCUT2D eigenvalue weighted by atomic mass is 9.54. The molecule has 0 amide bonds. The fourth-order valence-corrected chi connectivity index (χ4v) is 7.17. The van der Waals surface area contributed by atoms with E-state index in [1.807, 2.05) is 48.5 Å². The largest absolute Gasteiger partial charge is 0.496 e. The zero-order chi connectivity index (χ0) is 26.8. The molecular weight excluding hydrogens is 482 g/mol. The van der Waals surface area contributed by atoms with Crippen LogP contribution in [0.25, 0.3) is 11.1 Å². The molecule has 4 aromatic carbocycles. The van der Waals surface area contributed by atoms with Gasteiger partial charge in [0.15, 0.2) is 5.78 Å². The normalized spacial score (nSPS) is 23.6. The number of carbonyl (C=O) groups excluding carboxylic acids is 1. The summed E-state index contributed by atoms with van der Waals surface area (Å²) in [5, 5.41) is 14.7. The van der Waals surface area contributed by atoms with Gasteiger partial charge in [-0.1, -0.05) is 103 Å². The number of nitrogens with one attached hydrogen (secondary N) is 1. The lowest BCUT2D eigenvalue weighted by Crippen LogP contribution is -2.53. The molecule has 0 spiro atoms. The topological polar surface area (TPSA) is 58.6 Å². The minimum absolute atomic E-state index is 0.0148. The zero-order valence-corrected chi connectivity index (χ0v) is 22.3. The van der Waals surface area contributed by atoms with Gasteiger partial charge in [0.05, 0.1) is 19.3 Å². The predicted octanol–water partition coefficient (Wildman–Crippen LogP) is 5.82. The van der Waals surface area contributed by atoms with E-state index in [9.17, 15) is 9.90 Å². The molecule has 1 heterocycles. The average Bonchev–Trinajstić information content (AvgIpc) is 3.46. The van der Waals surface area contributed by atoms with Crippen molar-refractivity contribution in [2.75, 3.05) is 13.7 Å². The molecule has 2 fully saturated rings. The van der Waals surface area contributed by atoms with E-state index in [1.165, 1.54) is 11.1 Å². The van der Waals surface area contributed by atoms with Crippen LogP contribution in [0.2, 0.25) is 0 Å². The number of Topliss-reactive ketones (excluding diaryl/α,β-unsaturated/α-hetero) is 1. The number of methoxy groups -OCH3 is 1. The number of carbonyl (C=O) groups is 1. The predicted molar refractivity (Wildman–Crippen MR) is 155 cm³/mol. The summed E-state index contributed by atoms with van der Waals surface area (Å²) < 4.78 is 5.53. The van der Waals surface area contributed by atoms with Gasteiger partial charge in [-0.3, -0.25) is 4.79 Å². The van der Waals surface area contributed by atoms with E-state index < -0.39 is 6.10 Å². The Labute approximate surface area is 230 Å². The molecule has 39 heavy (non-hydrogen) atoms. The summed E-state index contributed by atoms with van der Waals surface area (Å²) in [5.74, 6) is 0.988. The molecule has 4 atom stereocenters. The SMILES string of the molecule is COc1ccccc1-c1ccc(CC(=O)C2NC[C@H]3[C@@H](O)CCC(c4ccccc4)(c4ccccc4)[C@@H]23)cc1. The van der Waals surface area contributed by atoms with Gasteiger partial charge in [-0.2, -0.15) is 0 Å². The van der Waals surface area contributed by atoms with Gasteiger partial charge in [-0.25, -0.2) is 0 Å². The highest BCUT2D eigenvalue weighted by atomic mass is 16.5. The van der Waals surface area contributed by atoms with Gasteiger partial charge in [-0.15, -0.1) is 0 Å². The summed E-state index contributed by atoms with van der Waals surface area (Å²) >= 11 is 0. The van der Waals surface area contributed by atoms with E-state index in [1.54, 1.807) is 7.11 Å². The van der Waals surface area contributed by atoms with Crippen molar-refractivity contribution in [2.45, 2.75) is 36.8 Å². The van der Waals surface area contributed by atoms with Crippen molar-refractivity contribution in [3.05, 3.63) is 126 Å². The molecule has 0 aromatic heterocycles. The Morgan fingerprint density at radius 3 is 2.13 bits per heavy atom. The van der Waals surface area contributed by atoms with Crippen LogP contribution >= 0.6 is 0 Å². The number of aliphatic hydroxyl groups excluding tert-OH is 1. The number of ketones is 1. The highest BCUT2D eigenvalue weighted by Gasteiger charge is 2.57. The van der Waals surface area contributed by atoms with Crippen LogP contribution in [-0.2, 0) is 16.6 Å². The number of benzene rings is 4. The van der Waals surface area contributed by atoms with Crippen molar-refractivity contribution < 1.29 is 14.6 Å². The van der Waals surface area contributed by atoms with Crippen LogP contribution in [0, 0.1) is 11.8 Å². The first kappa shape index (κ1) is 25.5. The van der Waals surface area contributed by atoms with Gasteiger partial charge in [0.25, 0.3) is 0 Å². The van der Waals surface area contributed by atoms with Gasteiger partial charge in [-0.05, 0) is 41.2 Å². The van der Waals surface area contributed by atoms with E-state index in [0.29, 0.717) is 13.0 Å². The third-order valence-corrected chi connectivity index (χ3v) is 8.97. The van der Waals surface area contributed by atoms with Crippen molar-refractivity contribution in [3.8, 4) is 16.9 Å². The van der Waals surface area contributed by atoms with Crippen LogP contribution in [0.15, 0.2) is 109 Å². The Hall–Kier alpha value is -3.73. The molecule has 1 saturated heterocycles. The molecule has 1 aliphatic heterocycles.